The molecule has 86 valence electrons. The largest absolute Gasteiger partial charge is 0.392 e. The SMILES string of the molecule is CC(=Cc1ccc2c(c1)CCCN2C)CO. The predicted octanol–water partition coefficient (Wildman–Crippen LogP) is 2.46. The highest BCUT2D eigenvalue weighted by molar-refractivity contribution is 5.62. The van der Waals surface area contributed by atoms with Crippen molar-refractivity contribution in [3.8, 4) is 0 Å². The predicted molar refractivity (Wildman–Crippen MR) is 68.8 cm³/mol. The molecule has 0 aromatic heterocycles. The molecular formula is C14H19NO. The van der Waals surface area contributed by atoms with Crippen molar-refractivity contribution in [1.29, 1.82) is 0 Å². The van der Waals surface area contributed by atoms with E-state index in [0.717, 1.165) is 12.1 Å². The van der Waals surface area contributed by atoms with E-state index < -0.39 is 0 Å². The Labute approximate surface area is 97.2 Å². The molecule has 0 bridgehead atoms. The second-order valence-electron chi connectivity index (χ2n) is 4.56. The number of anilines is 1. The van der Waals surface area contributed by atoms with E-state index in [1.807, 2.05) is 6.92 Å². The molecule has 0 saturated carbocycles. The molecule has 1 aromatic carbocycles. The molecule has 0 atom stereocenters. The zero-order chi connectivity index (χ0) is 11.5. The zero-order valence-electron chi connectivity index (χ0n) is 10.0. The smallest absolute Gasteiger partial charge is 0.0642 e. The zero-order valence-corrected chi connectivity index (χ0v) is 10.0. The van der Waals surface area contributed by atoms with Crippen LogP contribution in [0, 0.1) is 0 Å². The molecule has 0 spiro atoms. The first kappa shape index (κ1) is 11.2. The van der Waals surface area contributed by atoms with Gasteiger partial charge < -0.3 is 10.0 Å². The third kappa shape index (κ3) is 2.27. The van der Waals surface area contributed by atoms with Crippen LogP contribution in [0.25, 0.3) is 6.08 Å². The van der Waals surface area contributed by atoms with Crippen LogP contribution in [0.3, 0.4) is 0 Å². The lowest BCUT2D eigenvalue weighted by Crippen LogP contribution is -2.24. The monoisotopic (exact) mass is 217 g/mol. The minimum atomic E-state index is 0.136. The van der Waals surface area contributed by atoms with Gasteiger partial charge in [-0.1, -0.05) is 12.1 Å². The van der Waals surface area contributed by atoms with E-state index in [4.69, 9.17) is 5.11 Å². The van der Waals surface area contributed by atoms with E-state index >= 15 is 0 Å². The number of aliphatic hydroxyl groups is 1. The molecule has 1 N–H and O–H groups in total. The maximum atomic E-state index is 9.00. The lowest BCUT2D eigenvalue weighted by atomic mass is 9.99. The van der Waals surface area contributed by atoms with E-state index in [1.165, 1.54) is 29.7 Å². The van der Waals surface area contributed by atoms with Gasteiger partial charge in [0.05, 0.1) is 6.61 Å². The highest BCUT2D eigenvalue weighted by Gasteiger charge is 2.12. The van der Waals surface area contributed by atoms with Gasteiger partial charge in [-0.25, -0.2) is 0 Å². The standard InChI is InChI=1S/C14H19NO/c1-11(10-16)8-12-5-6-14-13(9-12)4-3-7-15(14)2/h5-6,8-9,16H,3-4,7,10H2,1-2H3. The Morgan fingerprint density at radius 3 is 3.06 bits per heavy atom. The van der Waals surface area contributed by atoms with Crippen molar-refractivity contribution < 1.29 is 5.11 Å². The molecule has 0 aliphatic carbocycles. The summed E-state index contributed by atoms with van der Waals surface area (Å²) in [6, 6.07) is 6.55. The van der Waals surface area contributed by atoms with Crippen molar-refractivity contribution in [2.24, 2.45) is 0 Å². The Balaban J connectivity index is 2.32. The van der Waals surface area contributed by atoms with Crippen LogP contribution in [0.15, 0.2) is 23.8 Å². The molecule has 0 amide bonds. The minimum absolute atomic E-state index is 0.136. The molecule has 2 rings (SSSR count). The summed E-state index contributed by atoms with van der Waals surface area (Å²) in [5, 5.41) is 9.00. The van der Waals surface area contributed by atoms with Gasteiger partial charge in [-0.2, -0.15) is 0 Å². The molecular weight excluding hydrogens is 198 g/mol. The van der Waals surface area contributed by atoms with Gasteiger partial charge in [0.1, 0.15) is 0 Å². The molecule has 1 aliphatic rings. The summed E-state index contributed by atoms with van der Waals surface area (Å²) in [6.45, 7) is 3.24. The number of hydrogen-bond acceptors (Lipinski definition) is 2. The first-order valence-corrected chi connectivity index (χ1v) is 5.83. The maximum Gasteiger partial charge on any atom is 0.0642 e. The topological polar surface area (TPSA) is 23.5 Å². The quantitative estimate of drug-likeness (QED) is 0.822. The first-order valence-electron chi connectivity index (χ1n) is 5.83. The van der Waals surface area contributed by atoms with Crippen LogP contribution in [-0.4, -0.2) is 25.3 Å². The molecule has 0 fully saturated rings. The molecule has 1 aromatic rings. The Hall–Kier alpha value is -1.28. The molecule has 0 saturated heterocycles. The fourth-order valence-corrected chi connectivity index (χ4v) is 2.23. The van der Waals surface area contributed by atoms with E-state index in [-0.39, 0.29) is 6.61 Å². The van der Waals surface area contributed by atoms with Crippen LogP contribution in [0.4, 0.5) is 5.69 Å². The Morgan fingerprint density at radius 2 is 2.31 bits per heavy atom. The van der Waals surface area contributed by atoms with Crippen molar-refractivity contribution in [1.82, 2.24) is 0 Å². The lowest BCUT2D eigenvalue weighted by molar-refractivity contribution is 0.332. The highest BCUT2D eigenvalue weighted by Crippen LogP contribution is 2.27. The fourth-order valence-electron chi connectivity index (χ4n) is 2.23. The van der Waals surface area contributed by atoms with Gasteiger partial charge >= 0.3 is 0 Å². The van der Waals surface area contributed by atoms with E-state index in [0.29, 0.717) is 0 Å². The van der Waals surface area contributed by atoms with Gasteiger partial charge in [0.2, 0.25) is 0 Å². The van der Waals surface area contributed by atoms with E-state index in [9.17, 15) is 0 Å². The second-order valence-corrected chi connectivity index (χ2v) is 4.56. The van der Waals surface area contributed by atoms with Crippen molar-refractivity contribution in [2.75, 3.05) is 25.1 Å². The molecule has 16 heavy (non-hydrogen) atoms. The summed E-state index contributed by atoms with van der Waals surface area (Å²) in [4.78, 5) is 2.31. The summed E-state index contributed by atoms with van der Waals surface area (Å²) in [5.41, 5.74) is 4.98. The van der Waals surface area contributed by atoms with Gasteiger partial charge in [0, 0.05) is 19.3 Å². The van der Waals surface area contributed by atoms with Crippen LogP contribution >= 0.6 is 0 Å². The fraction of sp³-hybridized carbons (Fsp3) is 0.429. The van der Waals surface area contributed by atoms with Gasteiger partial charge in [-0.3, -0.25) is 0 Å². The number of aliphatic hydroxyl groups excluding tert-OH is 1. The Kier molecular flexibility index (Phi) is 3.30. The molecule has 0 radical (unpaired) electrons. The summed E-state index contributed by atoms with van der Waals surface area (Å²) in [5.74, 6) is 0. The Morgan fingerprint density at radius 1 is 1.50 bits per heavy atom. The summed E-state index contributed by atoms with van der Waals surface area (Å²) < 4.78 is 0. The van der Waals surface area contributed by atoms with Gasteiger partial charge in [-0.15, -0.1) is 0 Å². The Bertz CT molecular complexity index is 409. The summed E-state index contributed by atoms with van der Waals surface area (Å²) in [7, 11) is 2.15. The number of aryl methyl sites for hydroxylation is 1. The van der Waals surface area contributed by atoms with Crippen molar-refractivity contribution in [3.63, 3.8) is 0 Å². The van der Waals surface area contributed by atoms with Gasteiger partial charge in [-0.05, 0) is 48.6 Å². The van der Waals surface area contributed by atoms with E-state index in [1.54, 1.807) is 0 Å². The molecule has 2 heteroatoms. The van der Waals surface area contributed by atoms with E-state index in [2.05, 4.69) is 36.2 Å². The number of rotatable bonds is 2. The second kappa shape index (κ2) is 4.71. The minimum Gasteiger partial charge on any atom is -0.392 e. The molecule has 2 nitrogen and oxygen atoms in total. The normalized spacial score (nSPS) is 16.2. The van der Waals surface area contributed by atoms with Crippen LogP contribution in [-0.2, 0) is 6.42 Å². The molecule has 1 aliphatic heterocycles. The number of benzene rings is 1. The van der Waals surface area contributed by atoms with Gasteiger partial charge in [0.25, 0.3) is 0 Å². The molecule has 0 unspecified atom stereocenters. The number of fused-ring (bicyclic) bond motifs is 1. The summed E-state index contributed by atoms with van der Waals surface area (Å²) in [6.07, 6.45) is 4.45. The average Bonchev–Trinajstić information content (AvgIpc) is 2.29. The van der Waals surface area contributed by atoms with Crippen molar-refractivity contribution in [2.45, 2.75) is 19.8 Å². The van der Waals surface area contributed by atoms with Crippen LogP contribution in [0.1, 0.15) is 24.5 Å². The lowest BCUT2D eigenvalue weighted by Gasteiger charge is -2.27. The number of hydrogen-bond donors (Lipinski definition) is 1. The van der Waals surface area contributed by atoms with Crippen LogP contribution < -0.4 is 4.90 Å². The van der Waals surface area contributed by atoms with Gasteiger partial charge in [0.15, 0.2) is 0 Å². The third-order valence-electron chi connectivity index (χ3n) is 3.12. The maximum absolute atomic E-state index is 9.00. The summed E-state index contributed by atoms with van der Waals surface area (Å²) >= 11 is 0. The molecule has 1 heterocycles. The number of nitrogens with zero attached hydrogens (tertiary/aromatic N) is 1. The van der Waals surface area contributed by atoms with Crippen LogP contribution in [0.5, 0.6) is 0 Å². The van der Waals surface area contributed by atoms with Crippen molar-refractivity contribution in [3.05, 3.63) is 34.9 Å². The van der Waals surface area contributed by atoms with Crippen molar-refractivity contribution >= 4 is 11.8 Å². The first-order chi connectivity index (χ1) is 7.70. The third-order valence-corrected chi connectivity index (χ3v) is 3.12. The highest BCUT2D eigenvalue weighted by atomic mass is 16.3. The average molecular weight is 217 g/mol. The van der Waals surface area contributed by atoms with Crippen LogP contribution in [0.2, 0.25) is 0 Å².